The molecule has 9 aromatic rings. The molecule has 0 fully saturated rings. The van der Waals surface area contributed by atoms with Gasteiger partial charge in [-0.1, -0.05) is 113 Å². The van der Waals surface area contributed by atoms with E-state index in [0.717, 1.165) is 60.8 Å². The number of para-hydroxylation sites is 3. The van der Waals surface area contributed by atoms with Crippen LogP contribution in [-0.4, -0.2) is 88.0 Å². The molecule has 9 rings (SSSR count). The zero-order valence-electron chi connectivity index (χ0n) is 30.7. The predicted molar refractivity (Wildman–Crippen MR) is 252 cm³/mol. The van der Waals surface area contributed by atoms with Gasteiger partial charge >= 0.3 is 0 Å². The Morgan fingerprint density at radius 1 is 0.333 bits per heavy atom. The Hall–Kier alpha value is -5.60. The van der Waals surface area contributed by atoms with Crippen molar-refractivity contribution in [2.75, 3.05) is 0 Å². The zero-order valence-corrected chi connectivity index (χ0v) is 30.7. The van der Waals surface area contributed by atoms with Gasteiger partial charge in [-0.3, -0.25) is 4.57 Å². The molecular weight excluding hydrogens is 677 g/mol. The van der Waals surface area contributed by atoms with Crippen LogP contribution in [0.5, 0.6) is 0 Å². The Morgan fingerprint density at radius 3 is 1.40 bits per heavy atom. The number of benzene rings is 8. The minimum absolute atomic E-state index is 0.119. The number of nitrogens with zero attached hydrogens (tertiary/aromatic N) is 2. The molecule has 0 spiro atoms. The summed E-state index contributed by atoms with van der Waals surface area (Å²) in [6.07, 6.45) is 0. The van der Waals surface area contributed by atoms with Crippen LogP contribution in [0.3, 0.4) is 0 Å². The SMILES string of the molecule is [B]c1c([B])c([B])c(-c2ccc3c(-c4ccc(-c5nc6ccccc6n5-c5ccccc5)cc4)c4ccccc4c(-c4c([B])c([B])c([B])c([B])c4[B])c3c2)c([B])c1[B]. The lowest BCUT2D eigenvalue weighted by Crippen LogP contribution is -2.55. The molecule has 20 radical (unpaired) electrons. The number of hydrogen-bond acceptors (Lipinski definition) is 1. The topological polar surface area (TPSA) is 17.8 Å². The molecule has 8 aromatic carbocycles. The first kappa shape index (κ1) is 37.0. The lowest BCUT2D eigenvalue weighted by atomic mass is 9.59. The molecule has 1 heterocycles. The van der Waals surface area contributed by atoms with Gasteiger partial charge in [-0.2, -0.15) is 0 Å². The molecule has 0 aliphatic rings. The van der Waals surface area contributed by atoms with E-state index >= 15 is 0 Å². The van der Waals surface area contributed by atoms with Crippen molar-refractivity contribution in [1.82, 2.24) is 9.55 Å². The summed E-state index contributed by atoms with van der Waals surface area (Å²) in [6, 6.07) is 40.7. The van der Waals surface area contributed by atoms with Crippen LogP contribution in [-0.2, 0) is 0 Å². The third-order valence-corrected chi connectivity index (χ3v) is 11.0. The highest BCUT2D eigenvalue weighted by Crippen LogP contribution is 2.44. The average Bonchev–Trinajstić information content (AvgIpc) is 3.63. The Bertz CT molecular complexity index is 3060. The predicted octanol–water partition coefficient (Wildman–Crippen LogP) is -0.0621. The van der Waals surface area contributed by atoms with Crippen LogP contribution in [0.4, 0.5) is 0 Å². The van der Waals surface area contributed by atoms with Crippen molar-refractivity contribution in [3.8, 4) is 50.5 Å². The van der Waals surface area contributed by atoms with E-state index in [1.54, 1.807) is 0 Å². The van der Waals surface area contributed by atoms with E-state index in [9.17, 15) is 0 Å². The maximum atomic E-state index is 6.79. The van der Waals surface area contributed by atoms with Crippen molar-refractivity contribution in [3.05, 3.63) is 121 Å². The minimum atomic E-state index is 0.119. The first-order valence-corrected chi connectivity index (χ1v) is 18.1. The van der Waals surface area contributed by atoms with Crippen molar-refractivity contribution >= 4 is 166 Å². The summed E-state index contributed by atoms with van der Waals surface area (Å²) in [5, 5.41) is 3.40. The molecule has 0 aliphatic carbocycles. The largest absolute Gasteiger partial charge is 0.292 e. The second kappa shape index (κ2) is 14.1. The van der Waals surface area contributed by atoms with Crippen LogP contribution in [0, 0.1) is 0 Å². The molecule has 0 N–H and O–H groups in total. The highest BCUT2D eigenvalue weighted by atomic mass is 15.1. The van der Waals surface area contributed by atoms with Crippen LogP contribution >= 0.6 is 0 Å². The van der Waals surface area contributed by atoms with Crippen molar-refractivity contribution in [3.63, 3.8) is 0 Å². The van der Waals surface area contributed by atoms with E-state index in [-0.39, 0.29) is 54.6 Å². The van der Waals surface area contributed by atoms with Crippen molar-refractivity contribution in [2.24, 2.45) is 0 Å². The van der Waals surface area contributed by atoms with Crippen molar-refractivity contribution < 1.29 is 0 Å². The summed E-state index contributed by atoms with van der Waals surface area (Å²) in [5.74, 6) is 0.824. The molecule has 2 nitrogen and oxygen atoms in total. The van der Waals surface area contributed by atoms with E-state index in [1.807, 2.05) is 72.8 Å². The quantitative estimate of drug-likeness (QED) is 0.182. The molecule has 1 aromatic heterocycles. The number of aromatic nitrogens is 2. The van der Waals surface area contributed by atoms with Crippen molar-refractivity contribution in [1.29, 1.82) is 0 Å². The fourth-order valence-electron chi connectivity index (χ4n) is 8.04. The normalized spacial score (nSPS) is 11.5. The fraction of sp³-hybridized carbons (Fsp3) is 0. The van der Waals surface area contributed by atoms with Crippen LogP contribution in [0.1, 0.15) is 0 Å². The van der Waals surface area contributed by atoms with E-state index in [0.29, 0.717) is 22.3 Å². The molecule has 12 heteroatoms. The Morgan fingerprint density at radius 2 is 0.789 bits per heavy atom. The fourth-order valence-corrected chi connectivity index (χ4v) is 8.04. The Balaban J connectivity index is 1.34. The van der Waals surface area contributed by atoms with Gasteiger partial charge in [-0.15, -0.1) is 32.8 Å². The third kappa shape index (κ3) is 5.74. The highest BCUT2D eigenvalue weighted by molar-refractivity contribution is 6.70. The lowest BCUT2D eigenvalue weighted by Gasteiger charge is -2.26. The van der Waals surface area contributed by atoms with Gasteiger partial charge in [0.05, 0.1) is 11.0 Å². The van der Waals surface area contributed by atoms with Gasteiger partial charge < -0.3 is 0 Å². The summed E-state index contributed by atoms with van der Waals surface area (Å²) in [5.41, 5.74) is 9.66. The van der Waals surface area contributed by atoms with Crippen molar-refractivity contribution in [2.45, 2.75) is 0 Å². The van der Waals surface area contributed by atoms with Crippen LogP contribution < -0.4 is 54.6 Å². The smallest absolute Gasteiger partial charge is 0.145 e. The van der Waals surface area contributed by atoms with E-state index in [2.05, 4.69) is 53.1 Å². The highest BCUT2D eigenvalue weighted by Gasteiger charge is 2.23. The van der Waals surface area contributed by atoms with E-state index < -0.39 is 0 Å². The second-order valence-electron chi connectivity index (χ2n) is 14.1. The van der Waals surface area contributed by atoms with Gasteiger partial charge in [0.2, 0.25) is 0 Å². The van der Waals surface area contributed by atoms with Gasteiger partial charge in [0.25, 0.3) is 0 Å². The second-order valence-corrected chi connectivity index (χ2v) is 14.1. The zero-order chi connectivity index (χ0) is 39.9. The molecule has 0 bridgehead atoms. The first-order chi connectivity index (χ1) is 27.5. The summed E-state index contributed by atoms with van der Waals surface area (Å²) in [6.45, 7) is 0. The number of hydrogen-bond donors (Lipinski definition) is 0. The molecule has 57 heavy (non-hydrogen) atoms. The molecule has 0 aliphatic heterocycles. The van der Waals surface area contributed by atoms with Gasteiger partial charge in [-0.25, -0.2) is 4.98 Å². The molecule has 0 saturated heterocycles. The van der Waals surface area contributed by atoms with E-state index in [1.165, 1.54) is 0 Å². The third-order valence-electron chi connectivity index (χ3n) is 11.0. The molecule has 0 saturated carbocycles. The van der Waals surface area contributed by atoms with Gasteiger partial charge in [0, 0.05) is 11.3 Å². The minimum Gasteiger partial charge on any atom is -0.292 e. The summed E-state index contributed by atoms with van der Waals surface area (Å²) < 4.78 is 2.18. The summed E-state index contributed by atoms with van der Waals surface area (Å²) in [7, 11) is 64.8. The van der Waals surface area contributed by atoms with Gasteiger partial charge in [-0.05, 0) is 85.3 Å². The maximum absolute atomic E-state index is 6.79. The summed E-state index contributed by atoms with van der Waals surface area (Å²) in [4.78, 5) is 5.08. The molecule has 0 amide bonds. The Kier molecular flexibility index (Phi) is 9.15. The maximum Gasteiger partial charge on any atom is 0.145 e. The Labute approximate surface area is 345 Å². The van der Waals surface area contributed by atoms with Crippen LogP contribution in [0.15, 0.2) is 121 Å². The lowest BCUT2D eigenvalue weighted by molar-refractivity contribution is 1.10. The standard InChI is InChI=1S/C45H20B10N2/c46-35-32(36(47)40(51)43(54)39(35)50)23-18-19-27-28(20-23)33(34-37(48)41(52)44(55)42(53)38(34)49)26-11-5-4-10-25(26)31(27)21-14-16-22(17-15-21)45-56-29-12-6-7-13-30(29)57(45)24-8-2-1-3-9-24/h1-20H. The molecule has 0 atom stereocenters. The van der Waals surface area contributed by atoms with E-state index in [4.69, 9.17) is 83.4 Å². The monoisotopic (exact) mass is 698 g/mol. The molecule has 0 unspecified atom stereocenters. The number of rotatable bonds is 5. The van der Waals surface area contributed by atoms with Gasteiger partial charge in [0.15, 0.2) is 0 Å². The van der Waals surface area contributed by atoms with Crippen LogP contribution in [0.25, 0.3) is 83.0 Å². The number of fused-ring (bicyclic) bond motifs is 3. The average molecular weight is 697 g/mol. The van der Waals surface area contributed by atoms with Crippen LogP contribution in [0.2, 0.25) is 0 Å². The summed E-state index contributed by atoms with van der Waals surface area (Å²) >= 11 is 0. The van der Waals surface area contributed by atoms with Gasteiger partial charge in [0.1, 0.15) is 84.3 Å². The number of imidazole rings is 1. The molecule has 240 valence electrons. The molecular formula is C45H20B10N2. The first-order valence-electron chi connectivity index (χ1n) is 18.1.